The Morgan fingerprint density at radius 3 is 2.50 bits per heavy atom. The van der Waals surface area contributed by atoms with Crippen molar-refractivity contribution in [3.63, 3.8) is 0 Å². The molecule has 1 saturated heterocycles. The average Bonchev–Trinajstić information content (AvgIpc) is 2.84. The summed E-state index contributed by atoms with van der Waals surface area (Å²) in [6.07, 6.45) is 0. The third-order valence-corrected chi connectivity index (χ3v) is 7.61. The zero-order chi connectivity index (χ0) is 14.9. The predicted octanol–water partition coefficient (Wildman–Crippen LogP) is 0.451. The van der Waals surface area contributed by atoms with Gasteiger partial charge in [0.25, 0.3) is 10.0 Å². The van der Waals surface area contributed by atoms with E-state index in [1.165, 1.54) is 11.4 Å². The first-order valence-corrected chi connectivity index (χ1v) is 9.42. The zero-order valence-corrected chi connectivity index (χ0v) is 13.0. The molecular formula is C9H13N3O5S3. The first-order valence-electron chi connectivity index (χ1n) is 5.67. The van der Waals surface area contributed by atoms with Crippen molar-refractivity contribution in [1.29, 1.82) is 0 Å². The van der Waals surface area contributed by atoms with Crippen molar-refractivity contribution in [2.45, 2.75) is 4.21 Å². The summed E-state index contributed by atoms with van der Waals surface area (Å²) >= 11 is 0.831. The molecule has 0 aliphatic carbocycles. The van der Waals surface area contributed by atoms with Crippen LogP contribution in [0.5, 0.6) is 0 Å². The van der Waals surface area contributed by atoms with Gasteiger partial charge in [-0.2, -0.15) is 4.31 Å². The van der Waals surface area contributed by atoms with Gasteiger partial charge in [0.05, 0.1) is 4.92 Å². The van der Waals surface area contributed by atoms with Gasteiger partial charge in [-0.05, 0) is 0 Å². The fourth-order valence-electron chi connectivity index (χ4n) is 1.79. The summed E-state index contributed by atoms with van der Waals surface area (Å²) in [5.74, 6) is 0.594. The number of nitro groups is 1. The van der Waals surface area contributed by atoms with E-state index in [9.17, 15) is 22.7 Å². The summed E-state index contributed by atoms with van der Waals surface area (Å²) in [6, 6.07) is 1.07. The number of nitrogens with zero attached hydrogens (tertiary/aromatic N) is 2. The molecular weight excluding hydrogens is 326 g/mol. The van der Waals surface area contributed by atoms with Crippen LogP contribution >= 0.6 is 11.3 Å². The maximum Gasteiger partial charge on any atom is 0.304 e. The number of hydrogen-bond acceptors (Lipinski definition) is 7. The Bertz CT molecular complexity index is 644. The largest absolute Gasteiger partial charge is 0.374 e. The van der Waals surface area contributed by atoms with E-state index in [1.807, 2.05) is 0 Å². The zero-order valence-electron chi connectivity index (χ0n) is 10.6. The Morgan fingerprint density at radius 2 is 2.05 bits per heavy atom. The minimum absolute atomic E-state index is 0.0683. The normalized spacial score (nSPS) is 18.1. The number of rotatable bonds is 4. The number of nitrogens with one attached hydrogen (secondary N) is 1. The van der Waals surface area contributed by atoms with Gasteiger partial charge in [-0.1, -0.05) is 11.3 Å². The molecule has 0 bridgehead atoms. The SMILES string of the molecule is CNc1sc(S(=O)(=O)N2CCS(=O)CC2)cc1[N+](=O)[O-]. The molecule has 0 unspecified atom stereocenters. The molecule has 1 aliphatic heterocycles. The standard InChI is InChI=1S/C9H13N3O5S3/c1-10-9-7(12(13)14)6-8(18-9)20(16,17)11-2-4-19(15)5-3-11/h6,10H,2-5H2,1H3. The highest BCUT2D eigenvalue weighted by Gasteiger charge is 2.32. The van der Waals surface area contributed by atoms with Crippen molar-refractivity contribution < 1.29 is 17.6 Å². The lowest BCUT2D eigenvalue weighted by Gasteiger charge is -2.24. The highest BCUT2D eigenvalue weighted by atomic mass is 32.2. The highest BCUT2D eigenvalue weighted by molar-refractivity contribution is 7.91. The molecule has 0 atom stereocenters. The first-order chi connectivity index (χ1) is 9.36. The van der Waals surface area contributed by atoms with Gasteiger partial charge in [-0.3, -0.25) is 14.3 Å². The molecule has 8 nitrogen and oxygen atoms in total. The molecule has 0 aromatic carbocycles. The van der Waals surface area contributed by atoms with Crippen molar-refractivity contribution in [2.75, 3.05) is 37.0 Å². The molecule has 2 rings (SSSR count). The number of anilines is 1. The number of sulfonamides is 1. The van der Waals surface area contributed by atoms with Crippen LogP contribution < -0.4 is 5.32 Å². The van der Waals surface area contributed by atoms with E-state index in [2.05, 4.69) is 5.32 Å². The van der Waals surface area contributed by atoms with Gasteiger partial charge in [-0.15, -0.1) is 0 Å². The van der Waals surface area contributed by atoms with Crippen LogP contribution in [0.2, 0.25) is 0 Å². The summed E-state index contributed by atoms with van der Waals surface area (Å²) in [6.45, 7) is 0.352. The minimum Gasteiger partial charge on any atom is -0.374 e. The molecule has 1 N–H and O–H groups in total. The Kier molecular flexibility index (Phi) is 4.42. The van der Waals surface area contributed by atoms with Crippen molar-refractivity contribution in [1.82, 2.24) is 4.31 Å². The van der Waals surface area contributed by atoms with Crippen molar-refractivity contribution in [2.24, 2.45) is 0 Å². The topological polar surface area (TPSA) is 110 Å². The summed E-state index contributed by atoms with van der Waals surface area (Å²) in [4.78, 5) is 10.2. The molecule has 1 aliphatic rings. The molecule has 2 heterocycles. The molecule has 112 valence electrons. The third kappa shape index (κ3) is 2.85. The summed E-state index contributed by atoms with van der Waals surface area (Å²) in [5.41, 5.74) is -0.253. The Morgan fingerprint density at radius 1 is 1.45 bits per heavy atom. The van der Waals surface area contributed by atoms with Crippen LogP contribution in [0.4, 0.5) is 10.7 Å². The van der Waals surface area contributed by atoms with Crippen LogP contribution in [0.15, 0.2) is 10.3 Å². The van der Waals surface area contributed by atoms with Gasteiger partial charge < -0.3 is 5.32 Å². The van der Waals surface area contributed by atoms with Crippen LogP contribution in [0.1, 0.15) is 0 Å². The number of hydrogen-bond donors (Lipinski definition) is 1. The van der Waals surface area contributed by atoms with E-state index in [-0.39, 0.29) is 28.0 Å². The van der Waals surface area contributed by atoms with Gasteiger partial charge in [0.15, 0.2) is 5.00 Å². The molecule has 0 saturated carbocycles. The molecule has 0 radical (unpaired) electrons. The maximum atomic E-state index is 12.4. The lowest BCUT2D eigenvalue weighted by Crippen LogP contribution is -2.41. The van der Waals surface area contributed by atoms with Crippen LogP contribution in [-0.2, 0) is 20.8 Å². The fraction of sp³-hybridized carbons (Fsp3) is 0.556. The second kappa shape index (κ2) is 5.76. The maximum absolute atomic E-state index is 12.4. The lowest BCUT2D eigenvalue weighted by atomic mass is 10.5. The smallest absolute Gasteiger partial charge is 0.304 e. The Balaban J connectivity index is 2.34. The highest BCUT2D eigenvalue weighted by Crippen LogP contribution is 2.37. The van der Waals surface area contributed by atoms with Gasteiger partial charge in [0, 0.05) is 48.5 Å². The second-order valence-corrected chi connectivity index (χ2v) is 8.95. The molecule has 1 aromatic heterocycles. The molecule has 11 heteroatoms. The van der Waals surface area contributed by atoms with Crippen LogP contribution in [0.25, 0.3) is 0 Å². The molecule has 20 heavy (non-hydrogen) atoms. The van der Waals surface area contributed by atoms with Gasteiger partial charge in [-0.25, -0.2) is 8.42 Å². The first kappa shape index (κ1) is 15.4. The van der Waals surface area contributed by atoms with E-state index in [4.69, 9.17) is 0 Å². The molecule has 1 aromatic rings. The average molecular weight is 339 g/mol. The van der Waals surface area contributed by atoms with Crippen molar-refractivity contribution in [3.8, 4) is 0 Å². The van der Waals surface area contributed by atoms with Gasteiger partial charge >= 0.3 is 5.69 Å². The van der Waals surface area contributed by atoms with Crippen LogP contribution in [0, 0.1) is 10.1 Å². The Labute approximate surface area is 122 Å². The monoisotopic (exact) mass is 339 g/mol. The lowest BCUT2D eigenvalue weighted by molar-refractivity contribution is -0.383. The minimum atomic E-state index is -3.76. The van der Waals surface area contributed by atoms with E-state index in [0.717, 1.165) is 17.4 Å². The quantitative estimate of drug-likeness (QED) is 0.630. The third-order valence-electron chi connectivity index (χ3n) is 2.84. The van der Waals surface area contributed by atoms with E-state index < -0.39 is 25.7 Å². The number of thiophene rings is 1. The van der Waals surface area contributed by atoms with E-state index in [0.29, 0.717) is 11.5 Å². The van der Waals surface area contributed by atoms with Gasteiger partial charge in [0.2, 0.25) is 0 Å². The summed E-state index contributed by atoms with van der Waals surface area (Å²) in [5, 5.41) is 13.7. The Hall–Kier alpha value is -1.04. The van der Waals surface area contributed by atoms with Crippen LogP contribution in [-0.4, -0.2) is 53.5 Å². The summed E-state index contributed by atoms with van der Waals surface area (Å²) < 4.78 is 37.2. The van der Waals surface area contributed by atoms with E-state index >= 15 is 0 Å². The fourth-order valence-corrected chi connectivity index (χ4v) is 5.95. The van der Waals surface area contributed by atoms with Crippen molar-refractivity contribution in [3.05, 3.63) is 16.2 Å². The molecule has 0 amide bonds. The van der Waals surface area contributed by atoms with Gasteiger partial charge in [0.1, 0.15) is 4.21 Å². The second-order valence-electron chi connectivity index (χ2n) is 4.04. The van der Waals surface area contributed by atoms with Crippen LogP contribution in [0.3, 0.4) is 0 Å². The molecule has 0 spiro atoms. The predicted molar refractivity (Wildman–Crippen MR) is 77.2 cm³/mol. The van der Waals surface area contributed by atoms with E-state index in [1.54, 1.807) is 0 Å². The summed E-state index contributed by atoms with van der Waals surface area (Å²) in [7, 11) is -3.24. The molecule has 1 fully saturated rings. The van der Waals surface area contributed by atoms with Crippen molar-refractivity contribution >= 4 is 42.8 Å².